The van der Waals surface area contributed by atoms with Crippen molar-refractivity contribution < 1.29 is 0 Å². The van der Waals surface area contributed by atoms with E-state index in [4.69, 9.17) is 0 Å². The molecule has 10 aromatic carbocycles. The van der Waals surface area contributed by atoms with E-state index >= 15 is 0 Å². The van der Waals surface area contributed by atoms with E-state index in [0.29, 0.717) is 0 Å². The average molecular weight is 795 g/mol. The van der Waals surface area contributed by atoms with Crippen molar-refractivity contribution in [3.63, 3.8) is 0 Å². The van der Waals surface area contributed by atoms with Gasteiger partial charge in [-0.2, -0.15) is 0 Å². The van der Waals surface area contributed by atoms with Gasteiger partial charge in [0.15, 0.2) is 0 Å². The number of aromatic nitrogens is 1. The Morgan fingerprint density at radius 3 is 1.87 bits per heavy atom. The maximum Gasteiger partial charge on any atom is 0.0562 e. The van der Waals surface area contributed by atoms with E-state index in [2.05, 4.69) is 240 Å². The van der Waals surface area contributed by atoms with Crippen LogP contribution in [-0.4, -0.2) is 4.57 Å². The van der Waals surface area contributed by atoms with Crippen molar-refractivity contribution in [3.05, 3.63) is 231 Å². The maximum absolute atomic E-state index is 2.48. The fourth-order valence-corrected chi connectivity index (χ4v) is 10.6. The smallest absolute Gasteiger partial charge is 0.0562 e. The van der Waals surface area contributed by atoms with Gasteiger partial charge >= 0.3 is 0 Å². The summed E-state index contributed by atoms with van der Waals surface area (Å²) in [5.41, 5.74) is 14.0. The van der Waals surface area contributed by atoms with Gasteiger partial charge in [-0.3, -0.25) is 0 Å². The third-order valence-corrected chi connectivity index (χ3v) is 13.4. The number of nitrogens with zero attached hydrogens (tertiary/aromatic N) is 2. The van der Waals surface area contributed by atoms with Gasteiger partial charge in [0.1, 0.15) is 0 Å². The number of para-hydroxylation sites is 3. The van der Waals surface area contributed by atoms with Crippen LogP contribution < -0.4 is 4.90 Å². The molecule has 0 unspecified atom stereocenters. The lowest BCUT2D eigenvalue weighted by Crippen LogP contribution is -2.10. The Kier molecular flexibility index (Phi) is 8.39. The van der Waals surface area contributed by atoms with Crippen molar-refractivity contribution >= 4 is 81.1 Å². The summed E-state index contributed by atoms with van der Waals surface area (Å²) < 4.78 is 5.11. The molecule has 2 heterocycles. The summed E-state index contributed by atoms with van der Waals surface area (Å²) in [6, 6.07) is 84.2. The molecule has 61 heavy (non-hydrogen) atoms. The maximum atomic E-state index is 2.48. The molecule has 0 saturated heterocycles. The van der Waals surface area contributed by atoms with E-state index in [1.807, 2.05) is 11.3 Å². The van der Waals surface area contributed by atoms with Crippen LogP contribution in [0.2, 0.25) is 0 Å². The average Bonchev–Trinajstić information content (AvgIpc) is 3.88. The predicted molar refractivity (Wildman–Crippen MR) is 262 cm³/mol. The lowest BCUT2D eigenvalue weighted by molar-refractivity contribution is 1.18. The zero-order valence-electron chi connectivity index (χ0n) is 33.2. The molecule has 0 aliphatic rings. The number of rotatable bonds is 7. The zero-order valence-corrected chi connectivity index (χ0v) is 34.1. The summed E-state index contributed by atoms with van der Waals surface area (Å²) in [5, 5.41) is 7.55. The molecule has 0 amide bonds. The zero-order chi connectivity index (χ0) is 40.3. The first kappa shape index (κ1) is 35.2. The number of anilines is 3. The van der Waals surface area contributed by atoms with Gasteiger partial charge in [0.2, 0.25) is 0 Å². The van der Waals surface area contributed by atoms with Gasteiger partial charge in [-0.05, 0) is 93.7 Å². The molecule has 0 atom stereocenters. The van der Waals surface area contributed by atoms with Gasteiger partial charge in [0, 0.05) is 59.1 Å². The lowest BCUT2D eigenvalue weighted by Gasteiger charge is -2.27. The second kappa shape index (κ2) is 14.5. The minimum absolute atomic E-state index is 1.09. The molecule has 0 saturated carbocycles. The first-order valence-electron chi connectivity index (χ1n) is 20.8. The van der Waals surface area contributed by atoms with E-state index in [1.54, 1.807) is 0 Å². The van der Waals surface area contributed by atoms with E-state index in [0.717, 1.165) is 28.3 Å². The van der Waals surface area contributed by atoms with E-state index in [1.165, 1.54) is 80.6 Å². The van der Waals surface area contributed by atoms with Gasteiger partial charge in [-0.15, -0.1) is 11.3 Å². The number of hydrogen-bond donors (Lipinski definition) is 0. The molecule has 2 nitrogen and oxygen atoms in total. The highest BCUT2D eigenvalue weighted by Gasteiger charge is 2.21. The van der Waals surface area contributed by atoms with Crippen molar-refractivity contribution in [2.75, 3.05) is 4.90 Å². The largest absolute Gasteiger partial charge is 0.310 e. The Labute approximate surface area is 358 Å². The van der Waals surface area contributed by atoms with Crippen LogP contribution in [0.5, 0.6) is 0 Å². The van der Waals surface area contributed by atoms with Gasteiger partial charge in [-0.1, -0.05) is 170 Å². The first-order valence-corrected chi connectivity index (χ1v) is 21.7. The SMILES string of the molecule is c1ccc(-c2cc(N(c3ccccc3)c3ccc4c5ccccc5n(-c5ccccc5-c5cccc6c5sc5ccccc56)c4c3)ccc2-c2ccc3ccccc3c2)cc1. The Hall–Kier alpha value is -7.72. The fourth-order valence-electron chi connectivity index (χ4n) is 9.37. The highest BCUT2D eigenvalue weighted by molar-refractivity contribution is 7.26. The molecular weight excluding hydrogens is 757 g/mol. The van der Waals surface area contributed by atoms with Crippen molar-refractivity contribution in [3.8, 4) is 39.1 Å². The van der Waals surface area contributed by atoms with Crippen LogP contribution in [0.1, 0.15) is 0 Å². The van der Waals surface area contributed by atoms with Gasteiger partial charge in [-0.25, -0.2) is 0 Å². The summed E-state index contributed by atoms with van der Waals surface area (Å²) >= 11 is 1.88. The molecule has 0 spiro atoms. The summed E-state index contributed by atoms with van der Waals surface area (Å²) in [7, 11) is 0. The predicted octanol–water partition coefficient (Wildman–Crippen LogP) is 16.8. The van der Waals surface area contributed by atoms with E-state index in [-0.39, 0.29) is 0 Å². The van der Waals surface area contributed by atoms with E-state index in [9.17, 15) is 0 Å². The number of thiophene rings is 1. The van der Waals surface area contributed by atoms with Crippen LogP contribution in [0.25, 0.3) is 91.8 Å². The molecule has 0 bridgehead atoms. The van der Waals surface area contributed by atoms with Crippen LogP contribution >= 0.6 is 11.3 Å². The fraction of sp³-hybridized carbons (Fsp3) is 0. The molecule has 3 heteroatoms. The summed E-state index contributed by atoms with van der Waals surface area (Å²) in [6.07, 6.45) is 0. The number of hydrogen-bond acceptors (Lipinski definition) is 2. The Morgan fingerprint density at radius 1 is 0.328 bits per heavy atom. The third kappa shape index (κ3) is 5.93. The normalized spacial score (nSPS) is 11.6. The lowest BCUT2D eigenvalue weighted by atomic mass is 9.92. The van der Waals surface area contributed by atoms with Crippen LogP contribution in [-0.2, 0) is 0 Å². The van der Waals surface area contributed by atoms with Gasteiger partial charge in [0.05, 0.1) is 16.7 Å². The van der Waals surface area contributed by atoms with E-state index < -0.39 is 0 Å². The van der Waals surface area contributed by atoms with Crippen molar-refractivity contribution in [1.29, 1.82) is 0 Å². The van der Waals surface area contributed by atoms with Crippen LogP contribution in [0.4, 0.5) is 17.1 Å². The first-order chi connectivity index (χ1) is 30.3. The van der Waals surface area contributed by atoms with Crippen LogP contribution in [0.3, 0.4) is 0 Å². The van der Waals surface area contributed by atoms with Crippen molar-refractivity contribution in [2.45, 2.75) is 0 Å². The Morgan fingerprint density at radius 2 is 0.984 bits per heavy atom. The molecule has 0 fully saturated rings. The van der Waals surface area contributed by atoms with Crippen molar-refractivity contribution in [2.24, 2.45) is 0 Å². The quantitative estimate of drug-likeness (QED) is 0.156. The van der Waals surface area contributed by atoms with Gasteiger partial charge in [0.25, 0.3) is 0 Å². The second-order valence-electron chi connectivity index (χ2n) is 15.7. The molecule has 2 aromatic heterocycles. The third-order valence-electron chi connectivity index (χ3n) is 12.2. The second-order valence-corrected chi connectivity index (χ2v) is 16.7. The highest BCUT2D eigenvalue weighted by Crippen LogP contribution is 2.46. The summed E-state index contributed by atoms with van der Waals surface area (Å²) in [5.74, 6) is 0. The van der Waals surface area contributed by atoms with Gasteiger partial charge < -0.3 is 9.47 Å². The van der Waals surface area contributed by atoms with Crippen molar-refractivity contribution in [1.82, 2.24) is 4.57 Å². The molecule has 0 radical (unpaired) electrons. The molecule has 0 aliphatic carbocycles. The molecule has 12 aromatic rings. The molecule has 0 aliphatic heterocycles. The minimum Gasteiger partial charge on any atom is -0.310 e. The number of fused-ring (bicyclic) bond motifs is 7. The molecular formula is C58H38N2S. The Balaban J connectivity index is 1.08. The molecule has 0 N–H and O–H groups in total. The summed E-state index contributed by atoms with van der Waals surface area (Å²) in [4.78, 5) is 2.40. The number of benzene rings is 10. The van der Waals surface area contributed by atoms with Crippen LogP contribution in [0.15, 0.2) is 231 Å². The highest BCUT2D eigenvalue weighted by atomic mass is 32.1. The molecule has 12 rings (SSSR count). The summed E-state index contributed by atoms with van der Waals surface area (Å²) in [6.45, 7) is 0. The van der Waals surface area contributed by atoms with Crippen LogP contribution in [0, 0.1) is 0 Å². The topological polar surface area (TPSA) is 8.17 Å². The minimum atomic E-state index is 1.09. The Bertz CT molecular complexity index is 3600. The molecule has 286 valence electrons. The monoisotopic (exact) mass is 794 g/mol. The standard InChI is InChI=1S/C58H38N2S/c1-3-17-40(18-4-1)53-37-44(32-34-46(53)42-31-30-39-16-7-8-19-41(39)36-42)59(43-20-5-2-6-21-43)45-33-35-49-47-22-9-12-27-54(47)60(56(49)38-45)55-28-13-10-23-48(55)51-25-15-26-52-50-24-11-14-29-57(50)61-58(51)52/h1-38H.